The quantitative estimate of drug-likeness (QED) is 0.841. The highest BCUT2D eigenvalue weighted by Gasteiger charge is 2.36. The van der Waals surface area contributed by atoms with Crippen LogP contribution in [0.25, 0.3) is 0 Å². The molecule has 1 fully saturated rings. The first kappa shape index (κ1) is 13.8. The Labute approximate surface area is 116 Å². The predicted octanol–water partition coefficient (Wildman–Crippen LogP) is 2.63. The molecule has 0 aliphatic heterocycles. The lowest BCUT2D eigenvalue weighted by atomic mass is 10.1. The summed E-state index contributed by atoms with van der Waals surface area (Å²) in [5.74, 6) is 0.282. The number of carboxylic acids is 1. The number of hydrogen-bond donors (Lipinski definition) is 2. The summed E-state index contributed by atoms with van der Waals surface area (Å²) in [7, 11) is 3.02. The minimum atomic E-state index is -0.863. The van der Waals surface area contributed by atoms with E-state index in [4.69, 9.17) is 21.1 Å². The second-order valence-corrected chi connectivity index (χ2v) is 4.89. The number of hydrogen-bond acceptors (Lipinski definition) is 4. The van der Waals surface area contributed by atoms with Crippen molar-refractivity contribution >= 4 is 23.3 Å². The largest absolute Gasteiger partial charge is 0.495 e. The molecule has 2 rings (SSSR count). The van der Waals surface area contributed by atoms with Crippen molar-refractivity contribution in [3.63, 3.8) is 0 Å². The summed E-state index contributed by atoms with van der Waals surface area (Å²) in [6.07, 6.45) is 1.86. The van der Waals surface area contributed by atoms with E-state index in [0.29, 0.717) is 22.2 Å². The Balaban J connectivity index is 2.29. The fraction of sp³-hybridized carbons (Fsp3) is 0.462. The third kappa shape index (κ3) is 3.04. The van der Waals surface area contributed by atoms with Crippen LogP contribution in [0.3, 0.4) is 0 Å². The second kappa shape index (κ2) is 5.57. The molecule has 1 atom stereocenters. The number of rotatable bonds is 6. The number of benzene rings is 1. The van der Waals surface area contributed by atoms with Crippen molar-refractivity contribution in [1.29, 1.82) is 0 Å². The molecule has 0 amide bonds. The van der Waals surface area contributed by atoms with Gasteiger partial charge in [-0.25, -0.2) is 4.79 Å². The van der Waals surface area contributed by atoms with Crippen molar-refractivity contribution in [2.75, 3.05) is 19.5 Å². The highest BCUT2D eigenvalue weighted by molar-refractivity contribution is 6.32. The summed E-state index contributed by atoms with van der Waals surface area (Å²) >= 11 is 6.01. The highest BCUT2D eigenvalue weighted by Crippen LogP contribution is 2.39. The van der Waals surface area contributed by atoms with E-state index in [9.17, 15) is 9.90 Å². The van der Waals surface area contributed by atoms with E-state index in [0.717, 1.165) is 12.8 Å². The van der Waals surface area contributed by atoms with Crippen LogP contribution in [0.2, 0.25) is 5.02 Å². The molecule has 1 aromatic rings. The highest BCUT2D eigenvalue weighted by atomic mass is 35.5. The Morgan fingerprint density at radius 2 is 2.00 bits per heavy atom. The van der Waals surface area contributed by atoms with Gasteiger partial charge in [0.1, 0.15) is 17.5 Å². The first-order valence-electron chi connectivity index (χ1n) is 5.97. The van der Waals surface area contributed by atoms with Crippen LogP contribution in [0.15, 0.2) is 12.1 Å². The predicted molar refractivity (Wildman–Crippen MR) is 72.3 cm³/mol. The Hall–Kier alpha value is -1.62. The van der Waals surface area contributed by atoms with Crippen molar-refractivity contribution in [3.05, 3.63) is 17.2 Å². The molecule has 2 N–H and O–H groups in total. The van der Waals surface area contributed by atoms with Crippen LogP contribution in [0, 0.1) is 5.92 Å². The van der Waals surface area contributed by atoms with Gasteiger partial charge in [0.2, 0.25) is 0 Å². The van der Waals surface area contributed by atoms with Crippen LogP contribution in [-0.2, 0) is 4.79 Å². The van der Waals surface area contributed by atoms with Crippen molar-refractivity contribution in [3.8, 4) is 11.5 Å². The monoisotopic (exact) mass is 285 g/mol. The van der Waals surface area contributed by atoms with Gasteiger partial charge in [-0.3, -0.25) is 0 Å². The zero-order chi connectivity index (χ0) is 14.0. The molecular formula is C13H16ClNO4. The number of carbonyl (C=O) groups is 1. The molecule has 19 heavy (non-hydrogen) atoms. The number of anilines is 1. The lowest BCUT2D eigenvalue weighted by molar-refractivity contribution is -0.138. The number of nitrogens with one attached hydrogen (secondary N) is 1. The first-order valence-corrected chi connectivity index (χ1v) is 6.35. The van der Waals surface area contributed by atoms with Crippen molar-refractivity contribution in [2.24, 2.45) is 5.92 Å². The molecule has 1 aliphatic rings. The Morgan fingerprint density at radius 1 is 1.37 bits per heavy atom. The van der Waals surface area contributed by atoms with Crippen molar-refractivity contribution < 1.29 is 19.4 Å². The van der Waals surface area contributed by atoms with Crippen molar-refractivity contribution in [2.45, 2.75) is 18.9 Å². The Kier molecular flexibility index (Phi) is 4.04. The maximum Gasteiger partial charge on any atom is 0.326 e. The van der Waals surface area contributed by atoms with Gasteiger partial charge in [0.15, 0.2) is 0 Å². The lowest BCUT2D eigenvalue weighted by Crippen LogP contribution is -2.31. The molecule has 6 heteroatoms. The van der Waals surface area contributed by atoms with E-state index in [1.165, 1.54) is 14.2 Å². The maximum atomic E-state index is 11.2. The summed E-state index contributed by atoms with van der Waals surface area (Å²) in [5.41, 5.74) is 0.572. The Morgan fingerprint density at radius 3 is 2.47 bits per heavy atom. The third-order valence-electron chi connectivity index (χ3n) is 3.14. The van der Waals surface area contributed by atoms with E-state index in [1.807, 2.05) is 0 Å². The molecule has 1 saturated carbocycles. The molecule has 0 heterocycles. The summed E-state index contributed by atoms with van der Waals surface area (Å²) in [4.78, 5) is 11.2. The fourth-order valence-corrected chi connectivity index (χ4v) is 2.18. The van der Waals surface area contributed by atoms with E-state index < -0.39 is 12.0 Å². The lowest BCUT2D eigenvalue weighted by Gasteiger charge is -2.18. The number of ether oxygens (including phenoxy) is 2. The van der Waals surface area contributed by atoms with E-state index in [-0.39, 0.29) is 5.92 Å². The average Bonchev–Trinajstić information content (AvgIpc) is 3.20. The molecule has 0 aromatic heterocycles. The number of halogens is 1. The third-order valence-corrected chi connectivity index (χ3v) is 3.44. The molecule has 0 radical (unpaired) electrons. The van der Waals surface area contributed by atoms with Gasteiger partial charge in [-0.15, -0.1) is 0 Å². The molecular weight excluding hydrogens is 270 g/mol. The number of carboxylic acid groups (broad SMARTS) is 1. The van der Waals surface area contributed by atoms with Gasteiger partial charge in [0.25, 0.3) is 0 Å². The van der Waals surface area contributed by atoms with Crippen LogP contribution in [0.1, 0.15) is 12.8 Å². The first-order chi connectivity index (χ1) is 9.06. The van der Waals surface area contributed by atoms with Gasteiger partial charge in [-0.1, -0.05) is 11.6 Å². The van der Waals surface area contributed by atoms with Gasteiger partial charge in [0, 0.05) is 12.1 Å². The van der Waals surface area contributed by atoms with Gasteiger partial charge < -0.3 is 19.9 Å². The van der Waals surface area contributed by atoms with Crippen LogP contribution in [0.5, 0.6) is 11.5 Å². The molecule has 5 nitrogen and oxygen atoms in total. The van der Waals surface area contributed by atoms with E-state index >= 15 is 0 Å². The molecule has 1 aromatic carbocycles. The van der Waals surface area contributed by atoms with Crippen molar-refractivity contribution in [1.82, 2.24) is 0 Å². The van der Waals surface area contributed by atoms with Crippen LogP contribution >= 0.6 is 11.6 Å². The molecule has 0 spiro atoms. The molecule has 104 valence electrons. The summed E-state index contributed by atoms with van der Waals surface area (Å²) in [6.45, 7) is 0. The standard InChI is InChI=1S/C13H16ClNO4/c1-18-10-6-9(11(19-2)5-8(10)14)15-12(13(16)17)7-3-4-7/h5-7,12,15H,3-4H2,1-2H3,(H,16,17). The smallest absolute Gasteiger partial charge is 0.326 e. The number of methoxy groups -OCH3 is 2. The fourth-order valence-electron chi connectivity index (χ4n) is 1.95. The zero-order valence-electron chi connectivity index (χ0n) is 10.8. The summed E-state index contributed by atoms with van der Waals surface area (Å²) in [6, 6.07) is 2.65. The van der Waals surface area contributed by atoms with Gasteiger partial charge >= 0.3 is 5.97 Å². The summed E-state index contributed by atoms with van der Waals surface area (Å²) in [5, 5.41) is 12.6. The molecule has 0 bridgehead atoms. The average molecular weight is 286 g/mol. The minimum Gasteiger partial charge on any atom is -0.495 e. The normalized spacial score (nSPS) is 15.7. The molecule has 1 aliphatic carbocycles. The number of aliphatic carboxylic acids is 1. The minimum absolute atomic E-state index is 0.170. The SMILES string of the molecule is COc1cc(NC(C(=O)O)C2CC2)c(OC)cc1Cl. The van der Waals surface area contributed by atoms with Gasteiger partial charge in [0.05, 0.1) is 24.9 Å². The Bertz CT molecular complexity index is 488. The van der Waals surface area contributed by atoms with Gasteiger partial charge in [-0.2, -0.15) is 0 Å². The topological polar surface area (TPSA) is 67.8 Å². The zero-order valence-corrected chi connectivity index (χ0v) is 11.5. The summed E-state index contributed by atoms with van der Waals surface area (Å²) < 4.78 is 10.3. The van der Waals surface area contributed by atoms with E-state index in [2.05, 4.69) is 5.32 Å². The van der Waals surface area contributed by atoms with Crippen LogP contribution in [0.4, 0.5) is 5.69 Å². The maximum absolute atomic E-state index is 11.2. The van der Waals surface area contributed by atoms with E-state index in [1.54, 1.807) is 12.1 Å². The van der Waals surface area contributed by atoms with Gasteiger partial charge in [-0.05, 0) is 18.8 Å². The van der Waals surface area contributed by atoms with Crippen LogP contribution < -0.4 is 14.8 Å². The van der Waals surface area contributed by atoms with Crippen LogP contribution in [-0.4, -0.2) is 31.3 Å². The second-order valence-electron chi connectivity index (χ2n) is 4.48. The molecule has 0 saturated heterocycles. The molecule has 1 unspecified atom stereocenters.